The van der Waals surface area contributed by atoms with Crippen molar-refractivity contribution in [2.24, 2.45) is 0 Å². The minimum Gasteiger partial charge on any atom is -0.347 e. The lowest BCUT2D eigenvalue weighted by Gasteiger charge is -2.24. The molecule has 0 atom stereocenters. The van der Waals surface area contributed by atoms with E-state index in [4.69, 9.17) is 11.6 Å². The summed E-state index contributed by atoms with van der Waals surface area (Å²) in [6, 6.07) is 5.43. The van der Waals surface area contributed by atoms with E-state index in [-0.39, 0.29) is 5.91 Å². The molecule has 22 heavy (non-hydrogen) atoms. The maximum Gasteiger partial charge on any atom is 0.254 e. The van der Waals surface area contributed by atoms with Crippen LogP contribution in [0.25, 0.3) is 0 Å². The third kappa shape index (κ3) is 4.08. The van der Waals surface area contributed by atoms with E-state index in [0.717, 1.165) is 17.8 Å². The van der Waals surface area contributed by atoms with Crippen LogP contribution in [0.5, 0.6) is 0 Å². The molecule has 0 aliphatic carbocycles. The summed E-state index contributed by atoms with van der Waals surface area (Å²) in [4.78, 5) is 23.8. The van der Waals surface area contributed by atoms with Crippen molar-refractivity contribution in [1.29, 1.82) is 0 Å². The van der Waals surface area contributed by atoms with Crippen LogP contribution in [0.15, 0.2) is 30.7 Å². The van der Waals surface area contributed by atoms with Gasteiger partial charge < -0.3 is 14.8 Å². The zero-order valence-electron chi connectivity index (χ0n) is 13.1. The van der Waals surface area contributed by atoms with Crippen LogP contribution in [0.3, 0.4) is 0 Å². The highest BCUT2D eigenvalue weighted by atomic mass is 35.5. The largest absolute Gasteiger partial charge is 0.347 e. The summed E-state index contributed by atoms with van der Waals surface area (Å²) in [5.74, 6) is -0.0172. The van der Waals surface area contributed by atoms with E-state index in [1.807, 2.05) is 38.1 Å². The molecule has 5 nitrogen and oxygen atoms in total. The Hall–Kier alpha value is -1.85. The van der Waals surface area contributed by atoms with E-state index in [1.54, 1.807) is 18.6 Å². The second-order valence-electron chi connectivity index (χ2n) is 5.52. The number of aromatic amines is 1. The zero-order chi connectivity index (χ0) is 16.1. The molecule has 118 valence electrons. The Balaban J connectivity index is 2.22. The highest BCUT2D eigenvalue weighted by Crippen LogP contribution is 2.20. The number of nitrogens with zero attached hydrogens (tertiary/aromatic N) is 3. The van der Waals surface area contributed by atoms with Gasteiger partial charge in [-0.05, 0) is 38.7 Å². The predicted octanol–water partition coefficient (Wildman–Crippen LogP) is 2.58. The molecule has 1 N–H and O–H groups in total. The number of H-pyrrole nitrogens is 1. The van der Waals surface area contributed by atoms with Gasteiger partial charge in [0.2, 0.25) is 0 Å². The second kappa shape index (κ2) is 7.42. The summed E-state index contributed by atoms with van der Waals surface area (Å²) in [6.07, 6.45) is 3.36. The first-order valence-corrected chi connectivity index (χ1v) is 7.53. The quantitative estimate of drug-likeness (QED) is 0.890. The molecule has 1 aromatic heterocycles. The number of likely N-dealkylation sites (N-methyl/N-ethyl adjacent to an activating group) is 1. The van der Waals surface area contributed by atoms with Gasteiger partial charge in [0.1, 0.15) is 0 Å². The predicted molar refractivity (Wildman–Crippen MR) is 88.1 cm³/mol. The van der Waals surface area contributed by atoms with Crippen LogP contribution in [0.4, 0.5) is 0 Å². The van der Waals surface area contributed by atoms with Crippen molar-refractivity contribution < 1.29 is 4.79 Å². The minimum atomic E-state index is -0.0172. The monoisotopic (exact) mass is 320 g/mol. The first-order chi connectivity index (χ1) is 10.5. The first kappa shape index (κ1) is 16.5. The van der Waals surface area contributed by atoms with E-state index < -0.39 is 0 Å². The molecule has 0 spiro atoms. The van der Waals surface area contributed by atoms with Gasteiger partial charge in [0.05, 0.1) is 18.6 Å². The van der Waals surface area contributed by atoms with Crippen molar-refractivity contribution in [1.82, 2.24) is 19.8 Å². The lowest BCUT2D eigenvalue weighted by atomic mass is 10.1. The van der Waals surface area contributed by atoms with Gasteiger partial charge in [-0.2, -0.15) is 0 Å². The number of amides is 1. The van der Waals surface area contributed by atoms with E-state index in [1.165, 1.54) is 0 Å². The summed E-state index contributed by atoms with van der Waals surface area (Å²) in [5, 5.41) is 0.611. The second-order valence-corrected chi connectivity index (χ2v) is 5.93. The fraction of sp³-hybridized carbons (Fsp3) is 0.375. The standard InChI is InChI=1S/C16H21ClN4O/c1-12-14(5-4-6-15(12)17)16(22)21(8-7-20(2)3)10-13-9-18-11-19-13/h4-6,9,11H,7-8,10H2,1-3H3,(H,18,19). The molecular formula is C16H21ClN4O. The minimum absolute atomic E-state index is 0.0172. The molecule has 1 amide bonds. The number of benzene rings is 1. The molecule has 0 unspecified atom stereocenters. The van der Waals surface area contributed by atoms with Crippen molar-refractivity contribution in [3.63, 3.8) is 0 Å². The molecule has 0 aliphatic rings. The van der Waals surface area contributed by atoms with E-state index in [9.17, 15) is 4.79 Å². The molecule has 2 rings (SSSR count). The maximum atomic E-state index is 12.9. The summed E-state index contributed by atoms with van der Waals surface area (Å²) >= 11 is 6.14. The molecule has 0 radical (unpaired) electrons. The van der Waals surface area contributed by atoms with Gasteiger partial charge in [-0.1, -0.05) is 17.7 Å². The maximum absolute atomic E-state index is 12.9. The van der Waals surface area contributed by atoms with Gasteiger partial charge in [-0.25, -0.2) is 4.98 Å². The van der Waals surface area contributed by atoms with Gasteiger partial charge in [-0.15, -0.1) is 0 Å². The molecule has 2 aromatic rings. The van der Waals surface area contributed by atoms with Crippen LogP contribution >= 0.6 is 11.6 Å². The third-order valence-electron chi connectivity index (χ3n) is 3.52. The summed E-state index contributed by atoms with van der Waals surface area (Å²) in [6.45, 7) is 3.80. The third-order valence-corrected chi connectivity index (χ3v) is 3.93. The Morgan fingerprint density at radius 1 is 1.32 bits per heavy atom. The van der Waals surface area contributed by atoms with E-state index in [0.29, 0.717) is 23.7 Å². The first-order valence-electron chi connectivity index (χ1n) is 7.15. The molecule has 0 saturated carbocycles. The lowest BCUT2D eigenvalue weighted by Crippen LogP contribution is -2.36. The van der Waals surface area contributed by atoms with E-state index >= 15 is 0 Å². The van der Waals surface area contributed by atoms with E-state index in [2.05, 4.69) is 14.9 Å². The summed E-state index contributed by atoms with van der Waals surface area (Å²) in [7, 11) is 3.98. The average Bonchev–Trinajstić information content (AvgIpc) is 2.98. The number of hydrogen-bond acceptors (Lipinski definition) is 3. The molecule has 0 saturated heterocycles. The van der Waals surface area contributed by atoms with Gasteiger partial charge in [-0.3, -0.25) is 4.79 Å². The molecule has 1 aromatic carbocycles. The highest BCUT2D eigenvalue weighted by Gasteiger charge is 2.19. The van der Waals surface area contributed by atoms with Crippen LogP contribution in [-0.4, -0.2) is 52.9 Å². The van der Waals surface area contributed by atoms with Crippen molar-refractivity contribution >= 4 is 17.5 Å². The fourth-order valence-electron chi connectivity index (χ4n) is 2.16. The Bertz CT molecular complexity index is 625. The van der Waals surface area contributed by atoms with Crippen LogP contribution < -0.4 is 0 Å². The SMILES string of the molecule is Cc1c(Cl)cccc1C(=O)N(CCN(C)C)Cc1cnc[nH]1. The smallest absolute Gasteiger partial charge is 0.254 e. The van der Waals surface area contributed by atoms with Crippen LogP contribution in [0.2, 0.25) is 5.02 Å². The molecule has 0 bridgehead atoms. The van der Waals surface area contributed by atoms with Gasteiger partial charge in [0, 0.05) is 29.9 Å². The number of hydrogen-bond donors (Lipinski definition) is 1. The van der Waals surface area contributed by atoms with Gasteiger partial charge >= 0.3 is 0 Å². The Labute approximate surface area is 135 Å². The normalized spacial score (nSPS) is 11.0. The summed E-state index contributed by atoms with van der Waals surface area (Å²) in [5.41, 5.74) is 2.37. The van der Waals surface area contributed by atoms with Crippen molar-refractivity contribution in [3.05, 3.63) is 52.6 Å². The number of carbonyl (C=O) groups excluding carboxylic acids is 1. The Morgan fingerprint density at radius 3 is 2.73 bits per heavy atom. The Kier molecular flexibility index (Phi) is 5.57. The number of halogens is 1. The highest BCUT2D eigenvalue weighted by molar-refractivity contribution is 6.31. The van der Waals surface area contributed by atoms with Crippen molar-refractivity contribution in [2.45, 2.75) is 13.5 Å². The number of aromatic nitrogens is 2. The van der Waals surface area contributed by atoms with Crippen molar-refractivity contribution in [2.75, 3.05) is 27.2 Å². The number of rotatable bonds is 6. The average molecular weight is 321 g/mol. The lowest BCUT2D eigenvalue weighted by molar-refractivity contribution is 0.0729. The molecular weight excluding hydrogens is 300 g/mol. The molecule has 1 heterocycles. The molecule has 0 fully saturated rings. The molecule has 6 heteroatoms. The van der Waals surface area contributed by atoms with Gasteiger partial charge in [0.25, 0.3) is 5.91 Å². The van der Waals surface area contributed by atoms with Crippen LogP contribution in [0, 0.1) is 6.92 Å². The zero-order valence-corrected chi connectivity index (χ0v) is 13.9. The number of carbonyl (C=O) groups is 1. The summed E-state index contributed by atoms with van der Waals surface area (Å²) < 4.78 is 0. The topological polar surface area (TPSA) is 52.2 Å². The number of imidazole rings is 1. The Morgan fingerprint density at radius 2 is 2.09 bits per heavy atom. The fourth-order valence-corrected chi connectivity index (χ4v) is 2.33. The van der Waals surface area contributed by atoms with Crippen molar-refractivity contribution in [3.8, 4) is 0 Å². The van der Waals surface area contributed by atoms with Gasteiger partial charge in [0.15, 0.2) is 0 Å². The van der Waals surface area contributed by atoms with Crippen LogP contribution in [-0.2, 0) is 6.54 Å². The number of nitrogens with one attached hydrogen (secondary N) is 1. The molecule has 0 aliphatic heterocycles. The van der Waals surface area contributed by atoms with Crippen LogP contribution in [0.1, 0.15) is 21.6 Å².